The van der Waals surface area contributed by atoms with Crippen LogP contribution in [0.4, 0.5) is 19.0 Å². The van der Waals surface area contributed by atoms with Gasteiger partial charge in [0, 0.05) is 32.9 Å². The molecule has 0 fully saturated rings. The van der Waals surface area contributed by atoms with E-state index in [4.69, 9.17) is 0 Å². The van der Waals surface area contributed by atoms with E-state index in [1.807, 2.05) is 0 Å². The average Bonchev–Trinajstić information content (AvgIpc) is 2.92. The summed E-state index contributed by atoms with van der Waals surface area (Å²) in [6.45, 7) is 0.0716. The van der Waals surface area contributed by atoms with Crippen molar-refractivity contribution in [2.45, 2.75) is 19.3 Å². The van der Waals surface area contributed by atoms with Crippen molar-refractivity contribution >= 4 is 11.7 Å². The predicted octanol–water partition coefficient (Wildman–Crippen LogP) is 2.60. The second-order valence-electron chi connectivity index (χ2n) is 5.20. The van der Waals surface area contributed by atoms with Gasteiger partial charge in [0.2, 0.25) is 5.91 Å². The Balaban J connectivity index is 2.03. The summed E-state index contributed by atoms with van der Waals surface area (Å²) in [7, 11) is 3.28. The molecule has 0 spiro atoms. The van der Waals surface area contributed by atoms with Crippen LogP contribution in [0.1, 0.15) is 11.1 Å². The quantitative estimate of drug-likeness (QED) is 0.919. The van der Waals surface area contributed by atoms with Gasteiger partial charge < -0.3 is 10.2 Å². The normalized spacial score (nSPS) is 11.3. The van der Waals surface area contributed by atoms with Crippen molar-refractivity contribution in [3.05, 3.63) is 47.7 Å². The lowest BCUT2D eigenvalue weighted by Crippen LogP contribution is -2.26. The third-order valence-corrected chi connectivity index (χ3v) is 3.22. The molecule has 1 amide bonds. The van der Waals surface area contributed by atoms with Crippen molar-refractivity contribution in [3.8, 4) is 0 Å². The van der Waals surface area contributed by atoms with Crippen LogP contribution in [0.25, 0.3) is 0 Å². The number of halogens is 3. The Morgan fingerprint density at radius 1 is 1.26 bits per heavy atom. The molecule has 1 heterocycles. The number of carbonyl (C=O) groups excluding carboxylic acids is 1. The molecule has 0 radical (unpaired) electrons. The molecule has 0 saturated heterocycles. The Morgan fingerprint density at radius 2 is 1.96 bits per heavy atom. The first kappa shape index (κ1) is 16.9. The molecule has 5 nitrogen and oxygen atoms in total. The fraction of sp³-hybridized carbons (Fsp3) is 0.333. The molecule has 8 heteroatoms. The molecule has 0 aliphatic heterocycles. The fourth-order valence-electron chi connectivity index (χ4n) is 1.96. The minimum Gasteiger partial charge on any atom is -0.365 e. The zero-order valence-corrected chi connectivity index (χ0v) is 12.8. The summed E-state index contributed by atoms with van der Waals surface area (Å²) in [5, 5.41) is 6.96. The molecule has 0 atom stereocenters. The molecule has 2 aromatic rings. The van der Waals surface area contributed by atoms with Gasteiger partial charge in [0.1, 0.15) is 12.4 Å². The Labute approximate surface area is 131 Å². The van der Waals surface area contributed by atoms with Gasteiger partial charge >= 0.3 is 6.18 Å². The number of alkyl halides is 3. The van der Waals surface area contributed by atoms with E-state index in [-0.39, 0.29) is 24.6 Å². The number of hydrogen-bond donors (Lipinski definition) is 1. The first-order valence-corrected chi connectivity index (χ1v) is 6.90. The molecule has 1 N–H and O–H groups in total. The van der Waals surface area contributed by atoms with Crippen molar-refractivity contribution < 1.29 is 18.0 Å². The minimum atomic E-state index is -4.39. The van der Waals surface area contributed by atoms with Gasteiger partial charge in [-0.2, -0.15) is 18.3 Å². The number of nitrogens with zero attached hydrogens (tertiary/aromatic N) is 3. The summed E-state index contributed by atoms with van der Waals surface area (Å²) in [5.74, 6) is 0.288. The molecule has 0 aliphatic carbocycles. The molecule has 0 bridgehead atoms. The zero-order chi connectivity index (χ0) is 17.0. The summed E-state index contributed by atoms with van der Waals surface area (Å²) in [6, 6.07) is 6.99. The predicted molar refractivity (Wildman–Crippen MR) is 79.7 cm³/mol. The largest absolute Gasteiger partial charge is 0.416 e. The average molecular weight is 326 g/mol. The zero-order valence-electron chi connectivity index (χ0n) is 12.8. The molecule has 23 heavy (non-hydrogen) atoms. The van der Waals surface area contributed by atoms with E-state index in [9.17, 15) is 18.0 Å². The maximum atomic E-state index is 12.9. The highest BCUT2D eigenvalue weighted by atomic mass is 19.4. The van der Waals surface area contributed by atoms with Gasteiger partial charge in [0.25, 0.3) is 0 Å². The molecular formula is C15H17F3N4O. The molecule has 0 unspecified atom stereocenters. The second-order valence-corrected chi connectivity index (χ2v) is 5.20. The molecule has 124 valence electrons. The molecule has 1 aromatic carbocycles. The van der Waals surface area contributed by atoms with Crippen LogP contribution in [0.5, 0.6) is 0 Å². The standard InChI is InChI=1S/C15H17F3N4O/c1-21(2)14(23)10-22-8-7-13(20-22)19-9-11-5-3-4-6-12(11)15(16,17)18/h3-8H,9-10H2,1-2H3,(H,19,20). The highest BCUT2D eigenvalue weighted by Crippen LogP contribution is 2.32. The van der Waals surface area contributed by atoms with Gasteiger partial charge in [-0.1, -0.05) is 18.2 Å². The number of benzene rings is 1. The summed E-state index contributed by atoms with van der Waals surface area (Å²) in [6.07, 6.45) is -2.80. The maximum absolute atomic E-state index is 12.9. The number of nitrogens with one attached hydrogen (secondary N) is 1. The Kier molecular flexibility index (Phi) is 4.92. The third kappa shape index (κ3) is 4.48. The van der Waals surface area contributed by atoms with Gasteiger partial charge in [0.15, 0.2) is 0 Å². The molecule has 2 rings (SSSR count). The van der Waals surface area contributed by atoms with Crippen LogP contribution in [0.3, 0.4) is 0 Å². The first-order chi connectivity index (χ1) is 10.8. The van der Waals surface area contributed by atoms with Crippen molar-refractivity contribution in [2.24, 2.45) is 0 Å². The topological polar surface area (TPSA) is 50.2 Å². The van der Waals surface area contributed by atoms with E-state index in [2.05, 4.69) is 10.4 Å². The van der Waals surface area contributed by atoms with Gasteiger partial charge in [0.05, 0.1) is 5.56 Å². The fourth-order valence-corrected chi connectivity index (χ4v) is 1.96. The third-order valence-electron chi connectivity index (χ3n) is 3.22. The highest BCUT2D eigenvalue weighted by molar-refractivity contribution is 5.75. The van der Waals surface area contributed by atoms with Crippen LogP contribution in [0.15, 0.2) is 36.5 Å². The minimum absolute atomic E-state index is 0.00563. The number of aromatic nitrogens is 2. The molecule has 1 aromatic heterocycles. The Morgan fingerprint density at radius 3 is 2.61 bits per heavy atom. The number of amides is 1. The lowest BCUT2D eigenvalue weighted by Gasteiger charge is -2.13. The number of likely N-dealkylation sites (N-methyl/N-ethyl adjacent to an activating group) is 1. The monoisotopic (exact) mass is 326 g/mol. The summed E-state index contributed by atoms with van der Waals surface area (Å²) < 4.78 is 40.2. The molecule has 0 aliphatic rings. The van der Waals surface area contributed by atoms with Crippen molar-refractivity contribution in [3.63, 3.8) is 0 Å². The lowest BCUT2D eigenvalue weighted by atomic mass is 10.1. The Bertz CT molecular complexity index is 679. The van der Waals surface area contributed by atoms with Crippen LogP contribution in [0.2, 0.25) is 0 Å². The second kappa shape index (κ2) is 6.72. The van der Waals surface area contributed by atoms with Crippen LogP contribution >= 0.6 is 0 Å². The van der Waals surface area contributed by atoms with Gasteiger partial charge in [-0.25, -0.2) is 0 Å². The van der Waals surface area contributed by atoms with Crippen LogP contribution in [-0.2, 0) is 24.1 Å². The van der Waals surface area contributed by atoms with E-state index < -0.39 is 11.7 Å². The van der Waals surface area contributed by atoms with Crippen LogP contribution in [0, 0.1) is 0 Å². The summed E-state index contributed by atoms with van der Waals surface area (Å²) in [4.78, 5) is 13.0. The first-order valence-electron chi connectivity index (χ1n) is 6.90. The van der Waals surface area contributed by atoms with Gasteiger partial charge in [-0.3, -0.25) is 9.48 Å². The number of rotatable bonds is 5. The van der Waals surface area contributed by atoms with E-state index in [1.165, 1.54) is 21.7 Å². The highest BCUT2D eigenvalue weighted by Gasteiger charge is 2.32. The van der Waals surface area contributed by atoms with E-state index in [0.29, 0.717) is 5.82 Å². The summed E-state index contributed by atoms with van der Waals surface area (Å²) in [5.41, 5.74) is -0.534. The molecular weight excluding hydrogens is 309 g/mol. The number of carbonyl (C=O) groups is 1. The van der Waals surface area contributed by atoms with E-state index in [0.717, 1.165) is 6.07 Å². The van der Waals surface area contributed by atoms with Crippen molar-refractivity contribution in [2.75, 3.05) is 19.4 Å². The summed E-state index contributed by atoms with van der Waals surface area (Å²) >= 11 is 0. The van der Waals surface area contributed by atoms with E-state index >= 15 is 0 Å². The SMILES string of the molecule is CN(C)C(=O)Cn1ccc(NCc2ccccc2C(F)(F)F)n1. The molecule has 0 saturated carbocycles. The van der Waals surface area contributed by atoms with Crippen molar-refractivity contribution in [1.29, 1.82) is 0 Å². The van der Waals surface area contributed by atoms with Crippen LogP contribution in [-0.4, -0.2) is 34.7 Å². The van der Waals surface area contributed by atoms with Crippen molar-refractivity contribution in [1.82, 2.24) is 14.7 Å². The van der Waals surface area contributed by atoms with Gasteiger partial charge in [-0.05, 0) is 11.6 Å². The van der Waals surface area contributed by atoms with Crippen LogP contribution < -0.4 is 5.32 Å². The maximum Gasteiger partial charge on any atom is 0.416 e. The number of hydrogen-bond acceptors (Lipinski definition) is 3. The number of anilines is 1. The lowest BCUT2D eigenvalue weighted by molar-refractivity contribution is -0.138. The van der Waals surface area contributed by atoms with Gasteiger partial charge in [-0.15, -0.1) is 0 Å². The Hall–Kier alpha value is -2.51. The van der Waals surface area contributed by atoms with E-state index in [1.54, 1.807) is 32.4 Å². The smallest absolute Gasteiger partial charge is 0.365 e.